The SMILES string of the molecule is CC(C)=CCn1c(N2CCCC(NC(=O)OC(C)(C)C)C2)nc2c1c(=O)n(CCc1ccccc1)c(=O)n2C=Cc1ccccc1. The van der Waals surface area contributed by atoms with E-state index in [4.69, 9.17) is 9.72 Å². The summed E-state index contributed by atoms with van der Waals surface area (Å²) in [6, 6.07) is 19.4. The lowest BCUT2D eigenvalue weighted by Crippen LogP contribution is -2.49. The molecule has 1 N–H and O–H groups in total. The number of anilines is 1. The van der Waals surface area contributed by atoms with Crippen LogP contribution in [0.5, 0.6) is 0 Å². The van der Waals surface area contributed by atoms with Crippen LogP contribution in [0.1, 0.15) is 58.6 Å². The molecule has 46 heavy (non-hydrogen) atoms. The molecule has 1 aliphatic heterocycles. The first-order valence-corrected chi connectivity index (χ1v) is 15.9. The number of benzene rings is 2. The van der Waals surface area contributed by atoms with Crippen molar-refractivity contribution in [2.45, 2.75) is 78.6 Å². The van der Waals surface area contributed by atoms with Crippen LogP contribution >= 0.6 is 0 Å². The molecule has 4 aromatic rings. The van der Waals surface area contributed by atoms with Crippen molar-refractivity contribution in [3.8, 4) is 0 Å². The average molecular weight is 625 g/mol. The minimum Gasteiger partial charge on any atom is -0.444 e. The smallest absolute Gasteiger partial charge is 0.407 e. The van der Waals surface area contributed by atoms with Gasteiger partial charge in [0.15, 0.2) is 11.2 Å². The largest absolute Gasteiger partial charge is 0.444 e. The Morgan fingerprint density at radius 2 is 1.72 bits per heavy atom. The van der Waals surface area contributed by atoms with Crippen LogP contribution in [0.3, 0.4) is 0 Å². The molecule has 10 nitrogen and oxygen atoms in total. The fourth-order valence-corrected chi connectivity index (χ4v) is 5.62. The van der Waals surface area contributed by atoms with Crippen molar-refractivity contribution in [2.75, 3.05) is 18.0 Å². The number of imidazole rings is 1. The Morgan fingerprint density at radius 3 is 2.39 bits per heavy atom. The number of nitrogens with one attached hydrogen (secondary N) is 1. The Hall–Kier alpha value is -4.86. The third kappa shape index (κ3) is 7.85. The van der Waals surface area contributed by atoms with Gasteiger partial charge in [-0.3, -0.25) is 13.9 Å². The normalized spacial score (nSPS) is 15.3. The fourth-order valence-electron chi connectivity index (χ4n) is 5.62. The second-order valence-electron chi connectivity index (χ2n) is 13.0. The number of alkyl carbamates (subject to hydrolysis) is 1. The summed E-state index contributed by atoms with van der Waals surface area (Å²) in [6.45, 7) is 11.3. The molecule has 1 atom stereocenters. The van der Waals surface area contributed by atoms with Crippen LogP contribution < -0.4 is 21.5 Å². The first-order chi connectivity index (χ1) is 22.0. The monoisotopic (exact) mass is 624 g/mol. The summed E-state index contributed by atoms with van der Waals surface area (Å²) in [6.07, 6.45) is 7.28. The zero-order valence-corrected chi connectivity index (χ0v) is 27.4. The number of piperidine rings is 1. The highest BCUT2D eigenvalue weighted by Crippen LogP contribution is 2.25. The second kappa shape index (κ2) is 14.1. The zero-order valence-electron chi connectivity index (χ0n) is 27.4. The summed E-state index contributed by atoms with van der Waals surface area (Å²) in [5, 5.41) is 3.01. The van der Waals surface area contributed by atoms with Crippen LogP contribution in [0.15, 0.2) is 81.9 Å². The van der Waals surface area contributed by atoms with Crippen LogP contribution in [-0.2, 0) is 24.2 Å². The molecule has 1 aliphatic rings. The van der Waals surface area contributed by atoms with Crippen LogP contribution in [0.25, 0.3) is 23.4 Å². The van der Waals surface area contributed by atoms with Gasteiger partial charge in [0.05, 0.1) is 0 Å². The highest BCUT2D eigenvalue weighted by atomic mass is 16.6. The van der Waals surface area contributed by atoms with Crippen LogP contribution in [0.4, 0.5) is 10.7 Å². The lowest BCUT2D eigenvalue weighted by atomic mass is 10.1. The number of ether oxygens (including phenoxy) is 1. The lowest BCUT2D eigenvalue weighted by Gasteiger charge is -2.34. The Balaban J connectivity index is 1.62. The van der Waals surface area contributed by atoms with E-state index in [1.165, 1.54) is 9.13 Å². The summed E-state index contributed by atoms with van der Waals surface area (Å²) in [7, 11) is 0. The van der Waals surface area contributed by atoms with E-state index in [1.807, 2.05) is 112 Å². The highest BCUT2D eigenvalue weighted by Gasteiger charge is 2.29. The molecular formula is C36H44N6O4. The minimum absolute atomic E-state index is 0.164. The number of carbonyl (C=O) groups is 1. The molecule has 1 unspecified atom stereocenters. The van der Waals surface area contributed by atoms with Gasteiger partial charge < -0.3 is 19.5 Å². The van der Waals surface area contributed by atoms with Crippen molar-refractivity contribution in [3.05, 3.63) is 104 Å². The number of hydrogen-bond donors (Lipinski definition) is 1. The number of allylic oxidation sites excluding steroid dienone is 2. The minimum atomic E-state index is -0.603. The summed E-state index contributed by atoms with van der Waals surface area (Å²) >= 11 is 0. The van der Waals surface area contributed by atoms with Gasteiger partial charge in [0.1, 0.15) is 5.60 Å². The molecule has 0 bridgehead atoms. The molecule has 0 saturated carbocycles. The summed E-state index contributed by atoms with van der Waals surface area (Å²) in [4.78, 5) is 48.0. The lowest BCUT2D eigenvalue weighted by molar-refractivity contribution is 0.0499. The number of fused-ring (bicyclic) bond motifs is 1. The molecule has 242 valence electrons. The molecule has 5 rings (SSSR count). The van der Waals surface area contributed by atoms with Gasteiger partial charge in [-0.1, -0.05) is 72.3 Å². The number of amides is 1. The predicted molar refractivity (Wildman–Crippen MR) is 184 cm³/mol. The van der Waals surface area contributed by atoms with E-state index in [2.05, 4.69) is 10.2 Å². The van der Waals surface area contributed by atoms with Gasteiger partial charge in [0.2, 0.25) is 5.95 Å². The van der Waals surface area contributed by atoms with E-state index < -0.39 is 17.4 Å². The van der Waals surface area contributed by atoms with Gasteiger partial charge in [0, 0.05) is 38.4 Å². The van der Waals surface area contributed by atoms with Gasteiger partial charge in [-0.2, -0.15) is 4.98 Å². The first-order valence-electron chi connectivity index (χ1n) is 15.9. The highest BCUT2D eigenvalue weighted by molar-refractivity contribution is 5.78. The third-order valence-electron chi connectivity index (χ3n) is 7.83. The molecule has 2 aromatic heterocycles. The number of rotatable bonds is 9. The molecule has 1 amide bonds. The quantitative estimate of drug-likeness (QED) is 0.240. The van der Waals surface area contributed by atoms with E-state index in [0.29, 0.717) is 43.2 Å². The maximum atomic E-state index is 14.3. The molecule has 0 aliphatic carbocycles. The summed E-state index contributed by atoms with van der Waals surface area (Å²) in [5.74, 6) is 0.586. The van der Waals surface area contributed by atoms with Gasteiger partial charge >= 0.3 is 11.8 Å². The number of nitrogens with zero attached hydrogens (tertiary/aromatic N) is 5. The van der Waals surface area contributed by atoms with Gasteiger partial charge in [-0.05, 0) is 71.1 Å². The molecule has 3 heterocycles. The number of hydrogen-bond acceptors (Lipinski definition) is 6. The Morgan fingerprint density at radius 1 is 1.02 bits per heavy atom. The van der Waals surface area contributed by atoms with Gasteiger partial charge in [-0.25, -0.2) is 9.59 Å². The van der Waals surface area contributed by atoms with E-state index in [1.54, 1.807) is 6.20 Å². The average Bonchev–Trinajstić information content (AvgIpc) is 3.39. The van der Waals surface area contributed by atoms with Crippen molar-refractivity contribution in [1.29, 1.82) is 0 Å². The van der Waals surface area contributed by atoms with E-state index in [9.17, 15) is 14.4 Å². The van der Waals surface area contributed by atoms with Crippen LogP contribution in [0, 0.1) is 0 Å². The number of aryl methyl sites for hydroxylation is 1. The second-order valence-corrected chi connectivity index (χ2v) is 13.0. The van der Waals surface area contributed by atoms with E-state index in [0.717, 1.165) is 29.5 Å². The van der Waals surface area contributed by atoms with E-state index >= 15 is 0 Å². The topological polar surface area (TPSA) is 103 Å². The molecule has 2 aromatic carbocycles. The van der Waals surface area contributed by atoms with Gasteiger partial charge in [0.25, 0.3) is 5.56 Å². The Labute approximate surface area is 269 Å². The zero-order chi connectivity index (χ0) is 32.8. The molecule has 0 radical (unpaired) electrons. The van der Waals surface area contributed by atoms with Crippen LogP contribution in [-0.4, -0.2) is 49.5 Å². The molecule has 1 fully saturated rings. The van der Waals surface area contributed by atoms with Crippen molar-refractivity contribution in [2.24, 2.45) is 0 Å². The fraction of sp³-hybridized carbons (Fsp3) is 0.389. The number of carbonyl (C=O) groups excluding carboxylic acids is 1. The van der Waals surface area contributed by atoms with Crippen molar-refractivity contribution < 1.29 is 9.53 Å². The molecule has 0 spiro atoms. The first kappa shape index (κ1) is 32.5. The number of aromatic nitrogens is 4. The van der Waals surface area contributed by atoms with E-state index in [-0.39, 0.29) is 18.1 Å². The van der Waals surface area contributed by atoms with Crippen LogP contribution in [0.2, 0.25) is 0 Å². The Kier molecular flexibility index (Phi) is 9.94. The third-order valence-corrected chi connectivity index (χ3v) is 7.83. The summed E-state index contributed by atoms with van der Waals surface area (Å²) in [5.41, 5.74) is 2.30. The molecule has 1 saturated heterocycles. The van der Waals surface area contributed by atoms with Gasteiger partial charge in [-0.15, -0.1) is 0 Å². The predicted octanol–water partition coefficient (Wildman–Crippen LogP) is 5.69. The summed E-state index contributed by atoms with van der Waals surface area (Å²) < 4.78 is 10.2. The van der Waals surface area contributed by atoms with Crippen molar-refractivity contribution >= 4 is 35.5 Å². The van der Waals surface area contributed by atoms with Crippen molar-refractivity contribution in [3.63, 3.8) is 0 Å². The standard InChI is InChI=1S/C36H44N6O4/c1-26(2)18-22-40-30-31(38-33(40)39-21-12-17-29(25-39)37-34(44)46-36(3,4)5)41(23-19-27-13-8-6-9-14-27)35(45)42(32(30)43)24-20-28-15-10-7-11-16-28/h6-11,13-16,18-19,23,29H,12,17,20-22,24-25H2,1-5H3,(H,37,44). The maximum Gasteiger partial charge on any atom is 0.407 e. The molecular weight excluding hydrogens is 580 g/mol. The Bertz CT molecular complexity index is 1840. The van der Waals surface area contributed by atoms with Crippen molar-refractivity contribution in [1.82, 2.24) is 24.0 Å². The molecule has 10 heteroatoms. The maximum absolute atomic E-state index is 14.3.